The van der Waals surface area contributed by atoms with E-state index in [1.165, 1.54) is 19.3 Å². The molecule has 0 radical (unpaired) electrons. The fraction of sp³-hybridized carbons (Fsp3) is 1.00. The molecular formula is C11H18BrF2N. The minimum absolute atomic E-state index is 0.110. The molecule has 1 saturated heterocycles. The number of piperidine rings is 1. The van der Waals surface area contributed by atoms with Gasteiger partial charge in [0.1, 0.15) is 0 Å². The fourth-order valence-corrected chi connectivity index (χ4v) is 3.45. The Bertz CT molecular complexity index is 215. The Labute approximate surface area is 98.3 Å². The number of rotatable bonds is 3. The minimum Gasteiger partial charge on any atom is -0.299 e. The van der Waals surface area contributed by atoms with Crippen molar-refractivity contribution >= 4 is 15.9 Å². The summed E-state index contributed by atoms with van der Waals surface area (Å²) < 4.78 is 25.4. The lowest BCUT2D eigenvalue weighted by atomic mass is 9.80. The van der Waals surface area contributed by atoms with Crippen LogP contribution in [0.5, 0.6) is 0 Å². The second-order valence-electron chi connectivity index (χ2n) is 4.93. The molecule has 1 heterocycles. The zero-order valence-corrected chi connectivity index (χ0v) is 10.5. The van der Waals surface area contributed by atoms with Crippen molar-refractivity contribution in [1.82, 2.24) is 4.90 Å². The Morgan fingerprint density at radius 2 is 2.00 bits per heavy atom. The molecular weight excluding hydrogens is 264 g/mol. The first kappa shape index (κ1) is 11.8. The predicted octanol–water partition coefficient (Wildman–Crippen LogP) is 3.28. The largest absolute Gasteiger partial charge is 0.299 e. The number of hydrogen-bond donors (Lipinski definition) is 0. The summed E-state index contributed by atoms with van der Waals surface area (Å²) in [5.41, 5.74) is 0. The van der Waals surface area contributed by atoms with Crippen molar-refractivity contribution in [3.8, 4) is 0 Å². The van der Waals surface area contributed by atoms with Gasteiger partial charge < -0.3 is 0 Å². The molecule has 2 rings (SSSR count). The first-order chi connectivity index (χ1) is 7.11. The van der Waals surface area contributed by atoms with E-state index in [-0.39, 0.29) is 18.8 Å². The van der Waals surface area contributed by atoms with E-state index in [2.05, 4.69) is 20.8 Å². The highest BCUT2D eigenvalue weighted by atomic mass is 79.9. The molecule has 0 bridgehead atoms. The second kappa shape index (κ2) is 4.66. The second-order valence-corrected chi connectivity index (χ2v) is 5.58. The maximum atomic E-state index is 12.7. The lowest BCUT2D eigenvalue weighted by Gasteiger charge is -2.42. The molecule has 88 valence electrons. The third kappa shape index (κ3) is 2.90. The zero-order chi connectivity index (χ0) is 10.9. The molecule has 0 aromatic heterocycles. The van der Waals surface area contributed by atoms with Crippen LogP contribution in [0.3, 0.4) is 0 Å². The number of alkyl halides is 3. The van der Waals surface area contributed by atoms with Crippen LogP contribution < -0.4 is 0 Å². The van der Waals surface area contributed by atoms with Crippen LogP contribution >= 0.6 is 15.9 Å². The summed E-state index contributed by atoms with van der Waals surface area (Å²) in [5.74, 6) is -2.12. The third-order valence-electron chi connectivity index (χ3n) is 3.59. The minimum atomic E-state index is -2.36. The quantitative estimate of drug-likeness (QED) is 0.718. The third-order valence-corrected chi connectivity index (χ3v) is 4.34. The summed E-state index contributed by atoms with van der Waals surface area (Å²) >= 11 is 3.51. The Balaban J connectivity index is 1.78. The van der Waals surface area contributed by atoms with E-state index in [1.807, 2.05) is 0 Å². The van der Waals surface area contributed by atoms with Crippen molar-refractivity contribution in [1.29, 1.82) is 0 Å². The molecule has 4 heteroatoms. The van der Waals surface area contributed by atoms with Crippen molar-refractivity contribution in [3.05, 3.63) is 0 Å². The maximum absolute atomic E-state index is 12.7. The first-order valence-corrected chi connectivity index (χ1v) is 6.91. The fourth-order valence-electron chi connectivity index (χ4n) is 2.72. The van der Waals surface area contributed by atoms with Crippen LogP contribution in [0.2, 0.25) is 0 Å². The van der Waals surface area contributed by atoms with Gasteiger partial charge in [0, 0.05) is 30.8 Å². The smallest absolute Gasteiger partial charge is 0.248 e. The first-order valence-electron chi connectivity index (χ1n) is 5.78. The van der Waals surface area contributed by atoms with E-state index in [1.54, 1.807) is 0 Å². The van der Waals surface area contributed by atoms with Crippen LogP contribution in [-0.2, 0) is 0 Å². The monoisotopic (exact) mass is 281 g/mol. The van der Waals surface area contributed by atoms with Crippen molar-refractivity contribution in [2.45, 2.75) is 44.1 Å². The summed E-state index contributed by atoms with van der Waals surface area (Å²) in [6.07, 6.45) is 3.95. The van der Waals surface area contributed by atoms with Gasteiger partial charge in [0.25, 0.3) is 0 Å². The van der Waals surface area contributed by atoms with Gasteiger partial charge in [0.15, 0.2) is 0 Å². The number of hydrogen-bond acceptors (Lipinski definition) is 1. The average molecular weight is 282 g/mol. The summed E-state index contributed by atoms with van der Waals surface area (Å²) in [7, 11) is 0. The predicted molar refractivity (Wildman–Crippen MR) is 60.7 cm³/mol. The normalized spacial score (nSPS) is 32.6. The van der Waals surface area contributed by atoms with Crippen molar-refractivity contribution in [2.24, 2.45) is 5.92 Å². The number of likely N-dealkylation sites (tertiary alicyclic amines) is 1. The molecule has 1 aliphatic heterocycles. The van der Waals surface area contributed by atoms with Gasteiger partial charge >= 0.3 is 0 Å². The SMILES string of the molecule is FC1(F)CC(CN2CCCCC2CBr)C1. The van der Waals surface area contributed by atoms with Gasteiger partial charge in [0.2, 0.25) is 5.92 Å². The molecule has 1 saturated carbocycles. The van der Waals surface area contributed by atoms with E-state index >= 15 is 0 Å². The molecule has 0 amide bonds. The molecule has 2 aliphatic rings. The van der Waals surface area contributed by atoms with Gasteiger partial charge in [-0.1, -0.05) is 22.4 Å². The topological polar surface area (TPSA) is 3.24 Å². The van der Waals surface area contributed by atoms with Gasteiger partial charge in [0.05, 0.1) is 0 Å². The summed E-state index contributed by atoms with van der Waals surface area (Å²) in [4.78, 5) is 2.40. The van der Waals surface area contributed by atoms with Crippen LogP contribution in [0.25, 0.3) is 0 Å². The van der Waals surface area contributed by atoms with Crippen LogP contribution in [0.4, 0.5) is 8.78 Å². The number of halogens is 3. The average Bonchev–Trinajstić information content (AvgIpc) is 2.16. The van der Waals surface area contributed by atoms with E-state index < -0.39 is 5.92 Å². The standard InChI is InChI=1S/C11H18BrF2N/c12-7-10-3-1-2-4-15(10)8-9-5-11(13,14)6-9/h9-10H,1-8H2. The van der Waals surface area contributed by atoms with Crippen molar-refractivity contribution in [3.63, 3.8) is 0 Å². The summed E-state index contributed by atoms with van der Waals surface area (Å²) in [6, 6.07) is 0.577. The highest BCUT2D eigenvalue weighted by molar-refractivity contribution is 9.09. The Kier molecular flexibility index (Phi) is 3.66. The molecule has 1 nitrogen and oxygen atoms in total. The molecule has 1 atom stereocenters. The van der Waals surface area contributed by atoms with Crippen LogP contribution in [0, 0.1) is 5.92 Å². The van der Waals surface area contributed by atoms with Gasteiger partial charge in [-0.15, -0.1) is 0 Å². The molecule has 0 spiro atoms. The lowest BCUT2D eigenvalue weighted by molar-refractivity contribution is -0.119. The summed E-state index contributed by atoms with van der Waals surface area (Å²) in [5, 5.41) is 0.982. The Hall–Kier alpha value is 0.300. The molecule has 0 aromatic carbocycles. The Morgan fingerprint density at radius 1 is 1.27 bits per heavy atom. The van der Waals surface area contributed by atoms with E-state index in [0.29, 0.717) is 6.04 Å². The van der Waals surface area contributed by atoms with E-state index in [9.17, 15) is 8.78 Å². The highest BCUT2D eigenvalue weighted by Gasteiger charge is 2.46. The number of nitrogens with zero attached hydrogens (tertiary/aromatic N) is 1. The molecule has 0 N–H and O–H groups in total. The van der Waals surface area contributed by atoms with Gasteiger partial charge in [-0.3, -0.25) is 4.90 Å². The zero-order valence-electron chi connectivity index (χ0n) is 8.89. The molecule has 1 unspecified atom stereocenters. The summed E-state index contributed by atoms with van der Waals surface area (Å²) in [6.45, 7) is 1.98. The van der Waals surface area contributed by atoms with Crippen LogP contribution in [-0.4, -0.2) is 35.3 Å². The van der Waals surface area contributed by atoms with E-state index in [4.69, 9.17) is 0 Å². The maximum Gasteiger partial charge on any atom is 0.248 e. The molecule has 0 aromatic rings. The highest BCUT2D eigenvalue weighted by Crippen LogP contribution is 2.43. The molecule has 1 aliphatic carbocycles. The van der Waals surface area contributed by atoms with Crippen molar-refractivity contribution < 1.29 is 8.78 Å². The van der Waals surface area contributed by atoms with Crippen LogP contribution in [0.1, 0.15) is 32.1 Å². The molecule has 2 fully saturated rings. The van der Waals surface area contributed by atoms with Gasteiger partial charge in [-0.05, 0) is 25.3 Å². The van der Waals surface area contributed by atoms with E-state index in [0.717, 1.165) is 18.4 Å². The lowest BCUT2D eigenvalue weighted by Crippen LogP contribution is -2.48. The molecule has 15 heavy (non-hydrogen) atoms. The van der Waals surface area contributed by atoms with Gasteiger partial charge in [-0.25, -0.2) is 8.78 Å². The van der Waals surface area contributed by atoms with Crippen molar-refractivity contribution in [2.75, 3.05) is 18.4 Å². The van der Waals surface area contributed by atoms with Crippen LogP contribution in [0.15, 0.2) is 0 Å². The van der Waals surface area contributed by atoms with Gasteiger partial charge in [-0.2, -0.15) is 0 Å². The Morgan fingerprint density at radius 3 is 2.60 bits per heavy atom.